The molecule has 0 atom stereocenters. The number of carbonyl (C=O) groups excluding carboxylic acids is 2. The van der Waals surface area contributed by atoms with E-state index in [2.05, 4.69) is 0 Å². The van der Waals surface area contributed by atoms with Gasteiger partial charge in [0.15, 0.2) is 0 Å². The zero-order valence-electron chi connectivity index (χ0n) is 11.5. The van der Waals surface area contributed by atoms with Crippen LogP contribution in [-0.4, -0.2) is 23.8 Å². The van der Waals surface area contributed by atoms with Crippen molar-refractivity contribution >= 4 is 23.2 Å². The van der Waals surface area contributed by atoms with E-state index in [-0.39, 0.29) is 28.3 Å². The molecule has 0 saturated heterocycles. The predicted molar refractivity (Wildman–Crippen MR) is 77.2 cm³/mol. The Balaban J connectivity index is 2.16. The van der Waals surface area contributed by atoms with Crippen molar-refractivity contribution in [2.24, 2.45) is 0 Å². The molecular weight excluding hydrogens is 288 g/mol. The third-order valence-corrected chi connectivity index (χ3v) is 3.41. The fourth-order valence-corrected chi connectivity index (χ4v) is 2.37. The maximum Gasteiger partial charge on any atom is 0.297 e. The summed E-state index contributed by atoms with van der Waals surface area (Å²) in [5.41, 5.74) is 0.0288. The number of nitro groups is 1. The largest absolute Gasteiger partial charge is 0.496 e. The lowest BCUT2D eigenvalue weighted by Gasteiger charge is -2.14. The minimum absolute atomic E-state index is 0.0722. The standard InChI is InChI=1S/C15H10N2O5/c1-22-9-6-7-12(13(8-9)17(20)21)16-14(18)10-4-2-3-5-11(10)15(16)19/h2-8H,1H3. The summed E-state index contributed by atoms with van der Waals surface area (Å²) < 4.78 is 4.95. The first-order valence-electron chi connectivity index (χ1n) is 6.35. The Morgan fingerprint density at radius 3 is 2.14 bits per heavy atom. The number of imide groups is 1. The highest BCUT2D eigenvalue weighted by Gasteiger charge is 2.39. The first-order valence-corrected chi connectivity index (χ1v) is 6.35. The maximum atomic E-state index is 12.4. The van der Waals surface area contributed by atoms with Gasteiger partial charge < -0.3 is 4.74 Å². The molecule has 2 aromatic rings. The summed E-state index contributed by atoms with van der Waals surface area (Å²) in [6.07, 6.45) is 0. The Kier molecular flexibility index (Phi) is 3.10. The van der Waals surface area contributed by atoms with Crippen LogP contribution in [0.5, 0.6) is 5.75 Å². The summed E-state index contributed by atoms with van der Waals surface area (Å²) in [6, 6.07) is 10.3. The molecule has 0 aliphatic carbocycles. The molecule has 3 rings (SSSR count). The van der Waals surface area contributed by atoms with Gasteiger partial charge in [0.1, 0.15) is 11.4 Å². The van der Waals surface area contributed by atoms with Gasteiger partial charge in [0.25, 0.3) is 17.5 Å². The molecule has 0 fully saturated rings. The molecule has 2 amide bonds. The topological polar surface area (TPSA) is 89.8 Å². The van der Waals surface area contributed by atoms with Crippen LogP contribution >= 0.6 is 0 Å². The zero-order chi connectivity index (χ0) is 15.9. The lowest BCUT2D eigenvalue weighted by Crippen LogP contribution is -2.30. The highest BCUT2D eigenvalue weighted by molar-refractivity contribution is 6.35. The van der Waals surface area contributed by atoms with Gasteiger partial charge in [-0.05, 0) is 24.3 Å². The normalized spacial score (nSPS) is 13.2. The molecule has 0 radical (unpaired) electrons. The summed E-state index contributed by atoms with van der Waals surface area (Å²) in [4.78, 5) is 36.2. The van der Waals surface area contributed by atoms with E-state index in [1.807, 2.05) is 0 Å². The molecule has 7 nitrogen and oxygen atoms in total. The molecule has 0 saturated carbocycles. The number of nitro benzene ring substituents is 1. The molecule has 2 aromatic carbocycles. The van der Waals surface area contributed by atoms with Crippen molar-refractivity contribution in [2.75, 3.05) is 12.0 Å². The van der Waals surface area contributed by atoms with E-state index in [0.29, 0.717) is 0 Å². The number of nitrogens with zero attached hydrogens (tertiary/aromatic N) is 2. The van der Waals surface area contributed by atoms with E-state index in [1.54, 1.807) is 12.1 Å². The second-order valence-electron chi connectivity index (χ2n) is 4.60. The minimum atomic E-state index is -0.651. The molecule has 0 N–H and O–H groups in total. The lowest BCUT2D eigenvalue weighted by molar-refractivity contribution is -0.384. The van der Waals surface area contributed by atoms with Crippen LogP contribution in [0.3, 0.4) is 0 Å². The Morgan fingerprint density at radius 1 is 1.05 bits per heavy atom. The fourth-order valence-electron chi connectivity index (χ4n) is 2.37. The number of hydrogen-bond acceptors (Lipinski definition) is 5. The molecular formula is C15H10N2O5. The predicted octanol–water partition coefficient (Wildman–Crippen LogP) is 2.40. The summed E-state index contributed by atoms with van der Waals surface area (Å²) in [5.74, 6) is -0.880. The number of anilines is 1. The third kappa shape index (κ3) is 1.91. The lowest BCUT2D eigenvalue weighted by atomic mass is 10.1. The van der Waals surface area contributed by atoms with E-state index in [0.717, 1.165) is 4.90 Å². The van der Waals surface area contributed by atoms with E-state index in [9.17, 15) is 19.7 Å². The summed E-state index contributed by atoms with van der Waals surface area (Å²) in [5, 5.41) is 11.2. The van der Waals surface area contributed by atoms with E-state index in [1.165, 1.54) is 37.4 Å². The molecule has 1 aliphatic heterocycles. The Hall–Kier alpha value is -3.22. The average Bonchev–Trinajstić information content (AvgIpc) is 2.79. The number of methoxy groups -OCH3 is 1. The molecule has 1 heterocycles. The van der Waals surface area contributed by atoms with Gasteiger partial charge in [-0.1, -0.05) is 12.1 Å². The number of fused-ring (bicyclic) bond motifs is 1. The number of amides is 2. The Bertz CT molecular complexity index is 780. The van der Waals surface area contributed by atoms with Gasteiger partial charge in [0.2, 0.25) is 0 Å². The van der Waals surface area contributed by atoms with Gasteiger partial charge in [0.05, 0.1) is 29.2 Å². The van der Waals surface area contributed by atoms with Crippen LogP contribution in [-0.2, 0) is 0 Å². The quantitative estimate of drug-likeness (QED) is 0.493. The zero-order valence-corrected chi connectivity index (χ0v) is 11.5. The van der Waals surface area contributed by atoms with Crippen molar-refractivity contribution < 1.29 is 19.2 Å². The van der Waals surface area contributed by atoms with Crippen LogP contribution in [0, 0.1) is 10.1 Å². The highest BCUT2D eigenvalue weighted by atomic mass is 16.6. The smallest absolute Gasteiger partial charge is 0.297 e. The van der Waals surface area contributed by atoms with Crippen molar-refractivity contribution in [1.29, 1.82) is 0 Å². The summed E-state index contributed by atoms with van der Waals surface area (Å²) in [7, 11) is 1.38. The van der Waals surface area contributed by atoms with E-state index in [4.69, 9.17) is 4.74 Å². The van der Waals surface area contributed by atoms with Crippen LogP contribution in [0.2, 0.25) is 0 Å². The molecule has 0 bridgehead atoms. The van der Waals surface area contributed by atoms with Gasteiger partial charge in [-0.25, -0.2) is 4.90 Å². The Labute approximate surface area is 124 Å². The van der Waals surface area contributed by atoms with Gasteiger partial charge in [-0.3, -0.25) is 19.7 Å². The average molecular weight is 298 g/mol. The number of benzene rings is 2. The Morgan fingerprint density at radius 2 is 1.64 bits per heavy atom. The van der Waals surface area contributed by atoms with Crippen LogP contribution < -0.4 is 9.64 Å². The van der Waals surface area contributed by atoms with Crippen molar-refractivity contribution in [2.45, 2.75) is 0 Å². The van der Waals surface area contributed by atoms with Crippen molar-refractivity contribution in [3.8, 4) is 5.75 Å². The van der Waals surface area contributed by atoms with Crippen LogP contribution in [0.4, 0.5) is 11.4 Å². The number of hydrogen-bond donors (Lipinski definition) is 0. The molecule has 1 aliphatic rings. The van der Waals surface area contributed by atoms with Crippen molar-refractivity contribution in [1.82, 2.24) is 0 Å². The minimum Gasteiger partial charge on any atom is -0.496 e. The van der Waals surface area contributed by atoms with Crippen molar-refractivity contribution in [3.63, 3.8) is 0 Å². The van der Waals surface area contributed by atoms with Gasteiger partial charge in [0, 0.05) is 0 Å². The van der Waals surface area contributed by atoms with Crippen LogP contribution in [0.15, 0.2) is 42.5 Å². The first kappa shape index (κ1) is 13.7. The maximum absolute atomic E-state index is 12.4. The summed E-state index contributed by atoms with van der Waals surface area (Å²) in [6.45, 7) is 0. The van der Waals surface area contributed by atoms with E-state index < -0.39 is 16.7 Å². The number of rotatable bonds is 3. The molecule has 110 valence electrons. The molecule has 22 heavy (non-hydrogen) atoms. The SMILES string of the molecule is COc1ccc(N2C(=O)c3ccccc3C2=O)c([N+](=O)[O-])c1. The summed E-state index contributed by atoms with van der Waals surface area (Å²) >= 11 is 0. The molecule has 0 spiro atoms. The second-order valence-corrected chi connectivity index (χ2v) is 4.60. The highest BCUT2D eigenvalue weighted by Crippen LogP contribution is 2.36. The third-order valence-electron chi connectivity index (χ3n) is 3.41. The van der Waals surface area contributed by atoms with Crippen LogP contribution in [0.25, 0.3) is 0 Å². The van der Waals surface area contributed by atoms with Crippen LogP contribution in [0.1, 0.15) is 20.7 Å². The number of ether oxygens (including phenoxy) is 1. The fraction of sp³-hybridized carbons (Fsp3) is 0.0667. The van der Waals surface area contributed by atoms with Gasteiger partial charge in [-0.2, -0.15) is 0 Å². The van der Waals surface area contributed by atoms with Gasteiger partial charge in [-0.15, -0.1) is 0 Å². The van der Waals surface area contributed by atoms with E-state index >= 15 is 0 Å². The number of carbonyl (C=O) groups is 2. The molecule has 0 unspecified atom stereocenters. The van der Waals surface area contributed by atoms with Gasteiger partial charge >= 0.3 is 0 Å². The monoisotopic (exact) mass is 298 g/mol. The molecule has 0 aromatic heterocycles. The first-order chi connectivity index (χ1) is 10.5. The van der Waals surface area contributed by atoms with Crippen molar-refractivity contribution in [3.05, 3.63) is 63.7 Å². The molecule has 7 heteroatoms. The second kappa shape index (κ2) is 4.96.